The third-order valence-electron chi connectivity index (χ3n) is 5.57. The Balaban J connectivity index is 1.37. The second kappa shape index (κ2) is 8.06. The van der Waals surface area contributed by atoms with E-state index in [0.717, 1.165) is 62.7 Å². The van der Waals surface area contributed by atoms with E-state index in [1.54, 1.807) is 0 Å². The van der Waals surface area contributed by atoms with Crippen molar-refractivity contribution in [3.63, 3.8) is 0 Å². The summed E-state index contributed by atoms with van der Waals surface area (Å²) in [6, 6.07) is 4.00. The van der Waals surface area contributed by atoms with Crippen molar-refractivity contribution in [2.45, 2.75) is 51.4 Å². The van der Waals surface area contributed by atoms with Gasteiger partial charge >= 0.3 is 0 Å². The van der Waals surface area contributed by atoms with E-state index in [2.05, 4.69) is 20.0 Å². The second-order valence-electron chi connectivity index (χ2n) is 7.46. The van der Waals surface area contributed by atoms with Gasteiger partial charge < -0.3 is 14.3 Å². The minimum Gasteiger partial charge on any atom is -0.353 e. The average Bonchev–Trinajstić information content (AvgIpc) is 3.40. The van der Waals surface area contributed by atoms with Crippen molar-refractivity contribution in [2.24, 2.45) is 0 Å². The van der Waals surface area contributed by atoms with Crippen molar-refractivity contribution in [1.82, 2.24) is 20.0 Å². The van der Waals surface area contributed by atoms with Crippen LogP contribution in [0.25, 0.3) is 11.4 Å². The molecule has 2 aliphatic rings. The summed E-state index contributed by atoms with van der Waals surface area (Å²) in [5.41, 5.74) is 0.878. The highest BCUT2D eigenvalue weighted by atomic mass is 16.5. The van der Waals surface area contributed by atoms with Crippen LogP contribution >= 0.6 is 0 Å². The molecule has 1 amide bonds. The van der Waals surface area contributed by atoms with Gasteiger partial charge in [0.15, 0.2) is 0 Å². The molecule has 4 rings (SSSR count). The third-order valence-corrected chi connectivity index (χ3v) is 5.57. The highest BCUT2D eigenvalue weighted by molar-refractivity contribution is 5.76. The van der Waals surface area contributed by atoms with Crippen molar-refractivity contribution >= 4 is 11.7 Å². The van der Waals surface area contributed by atoms with Crippen molar-refractivity contribution in [1.29, 1.82) is 0 Å². The van der Waals surface area contributed by atoms with E-state index >= 15 is 0 Å². The molecule has 0 aromatic carbocycles. The van der Waals surface area contributed by atoms with E-state index in [-0.39, 0.29) is 5.91 Å². The number of piperazine rings is 1. The van der Waals surface area contributed by atoms with Gasteiger partial charge in [0, 0.05) is 50.3 Å². The first-order valence-corrected chi connectivity index (χ1v) is 10.1. The fourth-order valence-corrected chi connectivity index (χ4v) is 3.95. The van der Waals surface area contributed by atoms with Gasteiger partial charge in [-0.1, -0.05) is 24.9 Å². The zero-order chi connectivity index (χ0) is 18.6. The summed E-state index contributed by atoms with van der Waals surface area (Å²) in [6.07, 6.45) is 8.14. The monoisotopic (exact) mass is 369 g/mol. The van der Waals surface area contributed by atoms with Gasteiger partial charge in [-0.3, -0.25) is 4.79 Å². The number of hydrogen-bond acceptors (Lipinski definition) is 6. The van der Waals surface area contributed by atoms with Gasteiger partial charge in [0.05, 0.1) is 0 Å². The van der Waals surface area contributed by atoms with E-state index in [9.17, 15) is 4.79 Å². The third kappa shape index (κ3) is 3.96. The predicted molar refractivity (Wildman–Crippen MR) is 102 cm³/mol. The van der Waals surface area contributed by atoms with Crippen molar-refractivity contribution < 1.29 is 9.32 Å². The number of amides is 1. The van der Waals surface area contributed by atoms with E-state index in [4.69, 9.17) is 4.52 Å². The summed E-state index contributed by atoms with van der Waals surface area (Å²) in [5.74, 6) is 2.99. The number of hydrogen-bond donors (Lipinski definition) is 0. The van der Waals surface area contributed by atoms with E-state index in [0.29, 0.717) is 18.2 Å². The van der Waals surface area contributed by atoms with Gasteiger partial charge in [-0.2, -0.15) is 4.98 Å². The minimum atomic E-state index is 0.260. The molecule has 2 aromatic rings. The molecule has 0 unspecified atom stereocenters. The van der Waals surface area contributed by atoms with Crippen LogP contribution in [0.3, 0.4) is 0 Å². The van der Waals surface area contributed by atoms with Crippen LogP contribution in [0.4, 0.5) is 5.82 Å². The van der Waals surface area contributed by atoms with E-state index in [1.807, 2.05) is 30.2 Å². The molecular weight excluding hydrogens is 342 g/mol. The molecule has 0 bridgehead atoms. The molecule has 1 saturated heterocycles. The number of carbonyl (C=O) groups is 1. The van der Waals surface area contributed by atoms with Crippen LogP contribution in [0.2, 0.25) is 0 Å². The molecule has 1 aliphatic carbocycles. The Labute approximate surface area is 159 Å². The molecule has 0 radical (unpaired) electrons. The number of anilines is 1. The van der Waals surface area contributed by atoms with E-state index in [1.165, 1.54) is 12.8 Å². The van der Waals surface area contributed by atoms with Gasteiger partial charge in [0.2, 0.25) is 17.6 Å². The Hall–Kier alpha value is -2.44. The molecule has 3 heterocycles. The van der Waals surface area contributed by atoms with Crippen LogP contribution in [-0.4, -0.2) is 52.1 Å². The number of rotatable bonds is 5. The average molecular weight is 369 g/mol. The summed E-state index contributed by atoms with van der Waals surface area (Å²) < 4.78 is 5.47. The highest BCUT2D eigenvalue weighted by Crippen LogP contribution is 2.33. The van der Waals surface area contributed by atoms with Gasteiger partial charge in [0.25, 0.3) is 0 Å². The highest BCUT2D eigenvalue weighted by Gasteiger charge is 2.24. The summed E-state index contributed by atoms with van der Waals surface area (Å²) in [7, 11) is 0. The van der Waals surface area contributed by atoms with Crippen LogP contribution in [0.15, 0.2) is 22.9 Å². The normalized spacial score (nSPS) is 18.3. The fraction of sp³-hybridized carbons (Fsp3) is 0.600. The van der Waals surface area contributed by atoms with Crippen LogP contribution in [0, 0.1) is 0 Å². The number of nitrogens with zero attached hydrogens (tertiary/aromatic N) is 5. The molecule has 0 spiro atoms. The summed E-state index contributed by atoms with van der Waals surface area (Å²) >= 11 is 0. The lowest BCUT2D eigenvalue weighted by Crippen LogP contribution is -2.49. The first-order valence-electron chi connectivity index (χ1n) is 10.1. The Morgan fingerprint density at radius 3 is 2.63 bits per heavy atom. The molecule has 2 fully saturated rings. The molecule has 7 nitrogen and oxygen atoms in total. The maximum Gasteiger partial charge on any atom is 0.230 e. The van der Waals surface area contributed by atoms with Gasteiger partial charge in [-0.25, -0.2) is 4.98 Å². The quantitative estimate of drug-likeness (QED) is 0.805. The Morgan fingerprint density at radius 2 is 1.96 bits per heavy atom. The maximum atomic E-state index is 12.0. The number of pyridine rings is 1. The van der Waals surface area contributed by atoms with E-state index < -0.39 is 0 Å². The topological polar surface area (TPSA) is 75.4 Å². The van der Waals surface area contributed by atoms with Gasteiger partial charge in [-0.05, 0) is 31.4 Å². The largest absolute Gasteiger partial charge is 0.353 e. The summed E-state index contributed by atoms with van der Waals surface area (Å²) in [6.45, 7) is 5.20. The first-order chi connectivity index (χ1) is 13.2. The molecule has 7 heteroatoms. The molecule has 27 heavy (non-hydrogen) atoms. The maximum absolute atomic E-state index is 12.0. The minimum absolute atomic E-state index is 0.260. The van der Waals surface area contributed by atoms with Crippen LogP contribution in [0.5, 0.6) is 0 Å². The predicted octanol–water partition coefficient (Wildman–Crippen LogP) is 3.24. The van der Waals surface area contributed by atoms with Crippen molar-refractivity contribution in [3.8, 4) is 11.4 Å². The molecule has 1 aliphatic heterocycles. The fourth-order valence-electron chi connectivity index (χ4n) is 3.95. The lowest BCUT2D eigenvalue weighted by atomic mass is 10.1. The summed E-state index contributed by atoms with van der Waals surface area (Å²) in [5, 5.41) is 4.14. The lowest BCUT2D eigenvalue weighted by molar-refractivity contribution is -0.131. The van der Waals surface area contributed by atoms with Crippen LogP contribution < -0.4 is 4.90 Å². The van der Waals surface area contributed by atoms with Crippen LogP contribution in [0.1, 0.15) is 57.3 Å². The smallest absolute Gasteiger partial charge is 0.230 e. The molecule has 0 N–H and O–H groups in total. The second-order valence-corrected chi connectivity index (χ2v) is 7.46. The SMILES string of the molecule is CCCC(=O)N1CCN(c2ccc(-c3noc(C4CCCC4)n3)cn2)CC1. The molecular formula is C20H27N5O2. The molecule has 2 aromatic heterocycles. The van der Waals surface area contributed by atoms with Crippen molar-refractivity contribution in [3.05, 3.63) is 24.2 Å². The van der Waals surface area contributed by atoms with Crippen molar-refractivity contribution in [2.75, 3.05) is 31.1 Å². The zero-order valence-electron chi connectivity index (χ0n) is 15.9. The lowest BCUT2D eigenvalue weighted by Gasteiger charge is -2.35. The first kappa shape index (κ1) is 17.9. The Kier molecular flexibility index (Phi) is 5.36. The standard InChI is InChI=1S/C20H27N5O2/c1-2-5-18(26)25-12-10-24(11-13-25)17-9-8-16(14-21-17)19-22-20(27-23-19)15-6-3-4-7-15/h8-9,14-15H,2-7,10-13H2,1H3. The Bertz CT molecular complexity index is 759. The zero-order valence-corrected chi connectivity index (χ0v) is 15.9. The Morgan fingerprint density at radius 1 is 1.19 bits per heavy atom. The molecule has 0 atom stereocenters. The van der Waals surface area contributed by atoms with Gasteiger partial charge in [0.1, 0.15) is 5.82 Å². The summed E-state index contributed by atoms with van der Waals surface area (Å²) in [4.78, 5) is 25.4. The number of carbonyl (C=O) groups excluding carboxylic acids is 1. The van der Waals surface area contributed by atoms with Crippen LogP contribution in [-0.2, 0) is 4.79 Å². The molecule has 144 valence electrons. The van der Waals surface area contributed by atoms with Gasteiger partial charge in [-0.15, -0.1) is 0 Å². The molecule has 1 saturated carbocycles. The number of aromatic nitrogens is 3.